The van der Waals surface area contributed by atoms with E-state index in [2.05, 4.69) is 32.5 Å². The third-order valence-electron chi connectivity index (χ3n) is 3.48. The zero-order valence-corrected chi connectivity index (χ0v) is 11.4. The van der Waals surface area contributed by atoms with Gasteiger partial charge in [-0.15, -0.1) is 0 Å². The molecule has 0 bridgehead atoms. The molecule has 0 N–H and O–H groups in total. The molecule has 0 saturated carbocycles. The number of nitrogens with zero attached hydrogens (tertiary/aromatic N) is 1. The van der Waals surface area contributed by atoms with E-state index in [1.807, 2.05) is 23.1 Å². The molecule has 97 valence electrons. The molecule has 2 nitrogen and oxygen atoms in total. The summed E-state index contributed by atoms with van der Waals surface area (Å²) in [4.78, 5) is 13.9. The Bertz CT molecular complexity index is 397. The standard InChI is InChI=1S/C16H22NO/c1-16(2)11-12-17(13-16)15(18)10-6-9-14-7-4-3-5-8-14/h3-5,7-8,12H,6,9-11,13H2,1-2H3. The summed E-state index contributed by atoms with van der Waals surface area (Å²) in [5.74, 6) is 0.275. The number of hydrogen-bond donors (Lipinski definition) is 0. The van der Waals surface area contributed by atoms with Crippen LogP contribution in [-0.2, 0) is 11.2 Å². The maximum atomic E-state index is 12.0. The van der Waals surface area contributed by atoms with Gasteiger partial charge in [-0.2, -0.15) is 0 Å². The van der Waals surface area contributed by atoms with E-state index >= 15 is 0 Å². The van der Waals surface area contributed by atoms with Crippen molar-refractivity contribution in [3.8, 4) is 0 Å². The van der Waals surface area contributed by atoms with Gasteiger partial charge >= 0.3 is 0 Å². The first-order valence-electron chi connectivity index (χ1n) is 6.74. The van der Waals surface area contributed by atoms with Crippen molar-refractivity contribution >= 4 is 5.91 Å². The SMILES string of the molecule is CC1(C)C[CH]N(C(=O)CCCc2ccccc2)C1. The average molecular weight is 244 g/mol. The number of benzene rings is 1. The summed E-state index contributed by atoms with van der Waals surface area (Å²) in [6.45, 7) is 7.35. The van der Waals surface area contributed by atoms with Gasteiger partial charge in [-0.05, 0) is 30.2 Å². The molecule has 2 rings (SSSR count). The minimum atomic E-state index is 0.259. The highest BCUT2D eigenvalue weighted by Gasteiger charge is 2.31. The molecule has 1 heterocycles. The molecule has 0 aliphatic carbocycles. The normalized spacial score (nSPS) is 18.0. The van der Waals surface area contributed by atoms with Crippen LogP contribution in [0, 0.1) is 12.0 Å². The fraction of sp³-hybridized carbons (Fsp3) is 0.500. The van der Waals surface area contributed by atoms with Gasteiger partial charge in [0, 0.05) is 13.0 Å². The first kappa shape index (κ1) is 13.1. The molecule has 1 aromatic rings. The van der Waals surface area contributed by atoms with E-state index in [0.29, 0.717) is 6.42 Å². The average Bonchev–Trinajstić information content (AvgIpc) is 2.71. The molecule has 2 heteroatoms. The summed E-state index contributed by atoms with van der Waals surface area (Å²) in [5.41, 5.74) is 1.57. The van der Waals surface area contributed by atoms with Crippen molar-refractivity contribution in [1.29, 1.82) is 0 Å². The highest BCUT2D eigenvalue weighted by molar-refractivity contribution is 5.77. The smallest absolute Gasteiger partial charge is 0.222 e. The maximum Gasteiger partial charge on any atom is 0.222 e. The monoisotopic (exact) mass is 244 g/mol. The molecule has 1 amide bonds. The van der Waals surface area contributed by atoms with Gasteiger partial charge < -0.3 is 4.90 Å². The van der Waals surface area contributed by atoms with E-state index in [1.54, 1.807) is 0 Å². The molecule has 0 spiro atoms. The number of hydrogen-bond acceptors (Lipinski definition) is 1. The summed E-state index contributed by atoms with van der Waals surface area (Å²) in [5, 5.41) is 0. The van der Waals surface area contributed by atoms with E-state index in [1.165, 1.54) is 5.56 Å². The lowest BCUT2D eigenvalue weighted by molar-refractivity contribution is -0.129. The summed E-state index contributed by atoms with van der Waals surface area (Å²) in [6.07, 6.45) is 3.59. The van der Waals surface area contributed by atoms with Crippen LogP contribution in [0.15, 0.2) is 30.3 Å². The predicted molar refractivity (Wildman–Crippen MR) is 73.8 cm³/mol. The van der Waals surface area contributed by atoms with Crippen LogP contribution >= 0.6 is 0 Å². The van der Waals surface area contributed by atoms with Crippen LogP contribution < -0.4 is 0 Å². The predicted octanol–water partition coefficient (Wildman–Crippen LogP) is 3.43. The maximum absolute atomic E-state index is 12.0. The quantitative estimate of drug-likeness (QED) is 0.794. The van der Waals surface area contributed by atoms with E-state index < -0.39 is 0 Å². The Morgan fingerprint density at radius 3 is 2.61 bits per heavy atom. The van der Waals surface area contributed by atoms with Crippen molar-refractivity contribution in [2.75, 3.05) is 6.54 Å². The molecule has 18 heavy (non-hydrogen) atoms. The highest BCUT2D eigenvalue weighted by Crippen LogP contribution is 2.31. The Morgan fingerprint density at radius 1 is 1.28 bits per heavy atom. The van der Waals surface area contributed by atoms with Gasteiger partial charge in [0.1, 0.15) is 0 Å². The lowest BCUT2D eigenvalue weighted by Crippen LogP contribution is -2.28. The van der Waals surface area contributed by atoms with Gasteiger partial charge in [0.15, 0.2) is 0 Å². The Labute approximate surface area is 110 Å². The minimum absolute atomic E-state index is 0.259. The van der Waals surface area contributed by atoms with Gasteiger partial charge in [0.2, 0.25) is 5.91 Å². The third kappa shape index (κ3) is 3.59. The second kappa shape index (κ2) is 5.55. The van der Waals surface area contributed by atoms with Crippen molar-refractivity contribution in [3.63, 3.8) is 0 Å². The third-order valence-corrected chi connectivity index (χ3v) is 3.48. The molecular formula is C16H22NO. The molecular weight excluding hydrogens is 222 g/mol. The highest BCUT2D eigenvalue weighted by atomic mass is 16.2. The van der Waals surface area contributed by atoms with Gasteiger partial charge in [-0.25, -0.2) is 0 Å². The van der Waals surface area contributed by atoms with Gasteiger partial charge in [0.05, 0.1) is 6.54 Å². The number of rotatable bonds is 4. The summed E-state index contributed by atoms with van der Waals surface area (Å²) in [7, 11) is 0. The molecule has 1 aliphatic heterocycles. The molecule has 1 fully saturated rings. The Kier molecular flexibility index (Phi) is 4.05. The Morgan fingerprint density at radius 2 is 2.00 bits per heavy atom. The second-order valence-corrected chi connectivity index (χ2v) is 5.91. The van der Waals surface area contributed by atoms with E-state index in [-0.39, 0.29) is 11.3 Å². The number of carbonyl (C=O) groups excluding carboxylic acids is 1. The lowest BCUT2D eigenvalue weighted by Gasteiger charge is -2.19. The Hall–Kier alpha value is -1.31. The van der Waals surface area contributed by atoms with Crippen LogP contribution in [0.1, 0.15) is 38.7 Å². The van der Waals surface area contributed by atoms with Crippen LogP contribution in [0.3, 0.4) is 0 Å². The van der Waals surface area contributed by atoms with Crippen molar-refractivity contribution in [2.24, 2.45) is 5.41 Å². The molecule has 1 aliphatic rings. The molecule has 1 aromatic carbocycles. The second-order valence-electron chi connectivity index (χ2n) is 5.91. The van der Waals surface area contributed by atoms with Crippen LogP contribution in [0.5, 0.6) is 0 Å². The van der Waals surface area contributed by atoms with E-state index in [0.717, 1.165) is 25.8 Å². The zero-order chi connectivity index (χ0) is 13.0. The van der Waals surface area contributed by atoms with E-state index in [9.17, 15) is 4.79 Å². The first-order valence-corrected chi connectivity index (χ1v) is 6.74. The van der Waals surface area contributed by atoms with Gasteiger partial charge in [-0.3, -0.25) is 4.79 Å². The van der Waals surface area contributed by atoms with Gasteiger partial charge in [0.25, 0.3) is 0 Å². The summed E-state index contributed by atoms with van der Waals surface area (Å²) < 4.78 is 0. The summed E-state index contributed by atoms with van der Waals surface area (Å²) in [6, 6.07) is 10.4. The number of carbonyl (C=O) groups is 1. The van der Waals surface area contributed by atoms with Gasteiger partial charge in [-0.1, -0.05) is 44.2 Å². The number of aryl methyl sites for hydroxylation is 1. The van der Waals surface area contributed by atoms with Crippen molar-refractivity contribution < 1.29 is 4.79 Å². The van der Waals surface area contributed by atoms with E-state index in [4.69, 9.17) is 0 Å². The van der Waals surface area contributed by atoms with Crippen LogP contribution in [0.4, 0.5) is 0 Å². The van der Waals surface area contributed by atoms with Crippen LogP contribution in [-0.4, -0.2) is 17.4 Å². The van der Waals surface area contributed by atoms with Crippen LogP contribution in [0.2, 0.25) is 0 Å². The Balaban J connectivity index is 1.73. The minimum Gasteiger partial charge on any atom is -0.337 e. The van der Waals surface area contributed by atoms with Crippen molar-refractivity contribution in [3.05, 3.63) is 42.4 Å². The fourth-order valence-corrected chi connectivity index (χ4v) is 2.37. The molecule has 0 unspecified atom stereocenters. The van der Waals surface area contributed by atoms with Crippen molar-refractivity contribution in [2.45, 2.75) is 39.5 Å². The first-order chi connectivity index (χ1) is 8.57. The largest absolute Gasteiger partial charge is 0.337 e. The summed E-state index contributed by atoms with van der Waals surface area (Å²) >= 11 is 0. The van der Waals surface area contributed by atoms with Crippen LogP contribution in [0.25, 0.3) is 0 Å². The molecule has 0 aromatic heterocycles. The zero-order valence-electron chi connectivity index (χ0n) is 11.4. The number of likely N-dealkylation sites (tertiary alicyclic amines) is 1. The van der Waals surface area contributed by atoms with Crippen molar-refractivity contribution in [1.82, 2.24) is 4.90 Å². The topological polar surface area (TPSA) is 20.3 Å². The molecule has 1 radical (unpaired) electrons. The fourth-order valence-electron chi connectivity index (χ4n) is 2.37. The lowest BCUT2D eigenvalue weighted by atomic mass is 9.93. The number of amides is 1. The molecule has 0 atom stereocenters. The molecule has 1 saturated heterocycles.